The van der Waals surface area contributed by atoms with Gasteiger partial charge in [0.05, 0.1) is 7.11 Å². The van der Waals surface area contributed by atoms with Gasteiger partial charge in [-0.3, -0.25) is 0 Å². The molecule has 0 bridgehead atoms. The minimum atomic E-state index is -4.93. The standard InChI is InChI=1S/C8H9BF3O/c1-6-3-7(9(10,11)12)5-8(4-6)13-2/h3-5H,1-2H3/q-1. The van der Waals surface area contributed by atoms with Crippen molar-refractivity contribution >= 4 is 12.4 Å². The highest BCUT2D eigenvalue weighted by atomic mass is 19.4. The monoisotopic (exact) mass is 189 g/mol. The first kappa shape index (κ1) is 9.96. The Morgan fingerprint density at radius 2 is 1.77 bits per heavy atom. The molecule has 1 aromatic carbocycles. The number of methoxy groups -OCH3 is 1. The summed E-state index contributed by atoms with van der Waals surface area (Å²) < 4.78 is 41.6. The summed E-state index contributed by atoms with van der Waals surface area (Å²) in [5.41, 5.74) is -0.0644. The van der Waals surface area contributed by atoms with E-state index in [-0.39, 0.29) is 5.75 Å². The van der Waals surface area contributed by atoms with E-state index < -0.39 is 12.4 Å². The molecule has 13 heavy (non-hydrogen) atoms. The van der Waals surface area contributed by atoms with E-state index in [9.17, 15) is 12.9 Å². The minimum Gasteiger partial charge on any atom is -0.497 e. The zero-order valence-corrected chi connectivity index (χ0v) is 7.35. The lowest BCUT2D eigenvalue weighted by Gasteiger charge is -2.16. The van der Waals surface area contributed by atoms with E-state index in [0.717, 1.165) is 12.1 Å². The van der Waals surface area contributed by atoms with E-state index in [1.165, 1.54) is 7.11 Å². The van der Waals surface area contributed by atoms with E-state index in [4.69, 9.17) is 4.74 Å². The summed E-state index contributed by atoms with van der Waals surface area (Å²) >= 11 is 0. The van der Waals surface area contributed by atoms with Crippen LogP contribution in [0.1, 0.15) is 5.56 Å². The zero-order valence-electron chi connectivity index (χ0n) is 7.35. The molecule has 0 N–H and O–H groups in total. The smallest absolute Gasteiger partial charge is 0.497 e. The Hall–Kier alpha value is -1.13. The van der Waals surface area contributed by atoms with Gasteiger partial charge in [-0.1, -0.05) is 11.6 Å². The zero-order chi connectivity index (χ0) is 10.1. The highest BCUT2D eigenvalue weighted by Crippen LogP contribution is 2.16. The maximum Gasteiger partial charge on any atom is 0.509 e. The molecule has 0 atom stereocenters. The number of aryl methyl sites for hydroxylation is 1. The molecule has 0 amide bonds. The van der Waals surface area contributed by atoms with E-state index in [1.54, 1.807) is 13.0 Å². The van der Waals surface area contributed by atoms with Crippen LogP contribution < -0.4 is 10.2 Å². The lowest BCUT2D eigenvalue weighted by Crippen LogP contribution is -2.34. The highest BCUT2D eigenvalue weighted by Gasteiger charge is 2.25. The first-order valence-electron chi connectivity index (χ1n) is 3.79. The number of halogens is 3. The Bertz CT molecular complexity index is 309. The molecule has 0 unspecified atom stereocenters. The van der Waals surface area contributed by atoms with Gasteiger partial charge in [0.15, 0.2) is 0 Å². The number of benzene rings is 1. The van der Waals surface area contributed by atoms with Crippen LogP contribution in [0.5, 0.6) is 5.75 Å². The Morgan fingerprint density at radius 3 is 2.23 bits per heavy atom. The number of hydrogen-bond acceptors (Lipinski definition) is 1. The Morgan fingerprint density at radius 1 is 1.15 bits per heavy atom. The van der Waals surface area contributed by atoms with Crippen LogP contribution in [0.4, 0.5) is 12.9 Å². The van der Waals surface area contributed by atoms with Gasteiger partial charge in [-0.2, -0.15) is 0 Å². The van der Waals surface area contributed by atoms with Crippen LogP contribution in [0.3, 0.4) is 0 Å². The Kier molecular flexibility index (Phi) is 2.54. The van der Waals surface area contributed by atoms with Gasteiger partial charge in [-0.05, 0) is 19.1 Å². The van der Waals surface area contributed by atoms with Crippen molar-refractivity contribution in [1.29, 1.82) is 0 Å². The van der Waals surface area contributed by atoms with Crippen molar-refractivity contribution in [2.24, 2.45) is 0 Å². The summed E-state index contributed by atoms with van der Waals surface area (Å²) in [6.07, 6.45) is 0. The molecule has 0 aliphatic heterocycles. The summed E-state index contributed by atoms with van der Waals surface area (Å²) in [6.45, 7) is -3.32. The van der Waals surface area contributed by atoms with Crippen LogP contribution in [0.15, 0.2) is 18.2 Å². The van der Waals surface area contributed by atoms with Crippen LogP contribution in [0.2, 0.25) is 0 Å². The molecule has 0 spiro atoms. The molecular weight excluding hydrogens is 180 g/mol. The third kappa shape index (κ3) is 2.40. The molecule has 0 radical (unpaired) electrons. The third-order valence-electron chi connectivity index (χ3n) is 1.69. The molecule has 0 aromatic heterocycles. The molecule has 0 saturated carbocycles. The summed E-state index contributed by atoms with van der Waals surface area (Å²) in [5, 5.41) is 0. The largest absolute Gasteiger partial charge is 0.509 e. The fourth-order valence-electron chi connectivity index (χ4n) is 1.08. The average molecular weight is 189 g/mol. The average Bonchev–Trinajstić information content (AvgIpc) is 2.01. The lowest BCUT2D eigenvalue weighted by molar-refractivity contribution is 0.414. The highest BCUT2D eigenvalue weighted by molar-refractivity contribution is 6.73. The van der Waals surface area contributed by atoms with Gasteiger partial charge in [0.1, 0.15) is 5.75 Å². The molecule has 0 aliphatic carbocycles. The van der Waals surface area contributed by atoms with Crippen LogP contribution in [-0.4, -0.2) is 14.1 Å². The Balaban J connectivity index is 3.16. The number of hydrogen-bond donors (Lipinski definition) is 0. The van der Waals surface area contributed by atoms with E-state index in [1.807, 2.05) is 0 Å². The molecule has 1 nitrogen and oxygen atoms in total. The first-order valence-corrected chi connectivity index (χ1v) is 3.79. The molecule has 1 aromatic rings. The van der Waals surface area contributed by atoms with E-state index in [2.05, 4.69) is 0 Å². The molecule has 0 fully saturated rings. The van der Waals surface area contributed by atoms with Gasteiger partial charge < -0.3 is 17.7 Å². The predicted octanol–water partition coefficient (Wildman–Crippen LogP) is 2.06. The minimum absolute atomic E-state index is 0.245. The third-order valence-corrected chi connectivity index (χ3v) is 1.69. The summed E-state index contributed by atoms with van der Waals surface area (Å²) in [4.78, 5) is 0. The van der Waals surface area contributed by atoms with Crippen LogP contribution in [0.25, 0.3) is 0 Å². The molecular formula is C8H9BF3O-. The van der Waals surface area contributed by atoms with Crippen molar-refractivity contribution in [3.8, 4) is 5.75 Å². The Labute approximate surface area is 74.6 Å². The number of rotatable bonds is 2. The van der Waals surface area contributed by atoms with Crippen LogP contribution in [-0.2, 0) is 0 Å². The normalized spacial score (nSPS) is 11.5. The van der Waals surface area contributed by atoms with Crippen molar-refractivity contribution in [1.82, 2.24) is 0 Å². The second-order valence-electron chi connectivity index (χ2n) is 2.86. The van der Waals surface area contributed by atoms with Crippen molar-refractivity contribution in [2.75, 3.05) is 7.11 Å². The molecule has 72 valence electrons. The van der Waals surface area contributed by atoms with Gasteiger partial charge in [-0.25, -0.2) is 0 Å². The van der Waals surface area contributed by atoms with Gasteiger partial charge in [0.2, 0.25) is 0 Å². The van der Waals surface area contributed by atoms with E-state index in [0.29, 0.717) is 5.56 Å². The quantitative estimate of drug-likeness (QED) is 0.647. The van der Waals surface area contributed by atoms with Crippen molar-refractivity contribution in [3.05, 3.63) is 23.8 Å². The van der Waals surface area contributed by atoms with Crippen LogP contribution in [0, 0.1) is 6.92 Å². The second kappa shape index (κ2) is 3.32. The fourth-order valence-corrected chi connectivity index (χ4v) is 1.08. The summed E-state index contributed by atoms with van der Waals surface area (Å²) in [5.74, 6) is 0.245. The summed E-state index contributed by atoms with van der Waals surface area (Å²) in [7, 11) is 1.35. The molecule has 0 aliphatic rings. The summed E-state index contributed by atoms with van der Waals surface area (Å²) in [6, 6.07) is 3.68. The SMILES string of the molecule is COc1cc(C)cc([B-](F)(F)F)c1. The van der Waals surface area contributed by atoms with Gasteiger partial charge in [0, 0.05) is 0 Å². The van der Waals surface area contributed by atoms with Crippen molar-refractivity contribution in [2.45, 2.75) is 6.92 Å². The van der Waals surface area contributed by atoms with Gasteiger partial charge in [0.25, 0.3) is 0 Å². The van der Waals surface area contributed by atoms with Crippen molar-refractivity contribution < 1.29 is 17.7 Å². The molecule has 1 rings (SSSR count). The topological polar surface area (TPSA) is 9.23 Å². The maximum absolute atomic E-state index is 12.3. The molecule has 0 heterocycles. The van der Waals surface area contributed by atoms with Gasteiger partial charge >= 0.3 is 6.98 Å². The van der Waals surface area contributed by atoms with E-state index >= 15 is 0 Å². The number of ether oxygens (including phenoxy) is 1. The maximum atomic E-state index is 12.3. The van der Waals surface area contributed by atoms with Gasteiger partial charge in [-0.15, -0.1) is 5.46 Å². The lowest BCUT2D eigenvalue weighted by atomic mass is 9.79. The molecule has 0 saturated heterocycles. The first-order chi connectivity index (χ1) is 5.93. The van der Waals surface area contributed by atoms with Crippen LogP contribution >= 0.6 is 0 Å². The predicted molar refractivity (Wildman–Crippen MR) is 46.4 cm³/mol. The fraction of sp³-hybridized carbons (Fsp3) is 0.250. The van der Waals surface area contributed by atoms with Crippen molar-refractivity contribution in [3.63, 3.8) is 0 Å². The molecule has 5 heteroatoms. The second-order valence-corrected chi connectivity index (χ2v) is 2.86.